The van der Waals surface area contributed by atoms with Crippen molar-refractivity contribution in [3.8, 4) is 0 Å². The molecule has 0 aliphatic heterocycles. The number of aldehydes is 1. The Bertz CT molecular complexity index is 259. The molecule has 4 heteroatoms. The van der Waals surface area contributed by atoms with Crippen molar-refractivity contribution in [1.82, 2.24) is 4.57 Å². The summed E-state index contributed by atoms with van der Waals surface area (Å²) in [4.78, 5) is 10.4. The zero-order valence-electron chi connectivity index (χ0n) is 6.48. The number of alkyl halides is 1. The van der Waals surface area contributed by atoms with Crippen molar-refractivity contribution in [2.75, 3.05) is 6.67 Å². The van der Waals surface area contributed by atoms with Crippen LogP contribution in [0.2, 0.25) is 0 Å². The van der Waals surface area contributed by atoms with Gasteiger partial charge in [0, 0.05) is 6.20 Å². The zero-order chi connectivity index (χ0) is 8.97. The fourth-order valence-corrected chi connectivity index (χ4v) is 0.976. The minimum atomic E-state index is -1.03. The highest BCUT2D eigenvalue weighted by Crippen LogP contribution is 2.01. The molecule has 1 aromatic heterocycles. The first-order chi connectivity index (χ1) is 5.77. The predicted octanol–water partition coefficient (Wildman–Crippen LogP) is 0.631. The van der Waals surface area contributed by atoms with E-state index in [-0.39, 0.29) is 6.54 Å². The van der Waals surface area contributed by atoms with Crippen LogP contribution in [0.3, 0.4) is 0 Å². The van der Waals surface area contributed by atoms with Gasteiger partial charge in [-0.3, -0.25) is 4.79 Å². The lowest BCUT2D eigenvalue weighted by molar-refractivity contribution is 0.108. The first-order valence-electron chi connectivity index (χ1n) is 3.62. The van der Waals surface area contributed by atoms with Crippen molar-refractivity contribution in [3.05, 3.63) is 24.0 Å². The summed E-state index contributed by atoms with van der Waals surface area (Å²) in [7, 11) is 0. The van der Waals surface area contributed by atoms with Crippen molar-refractivity contribution in [2.45, 2.75) is 12.6 Å². The quantitative estimate of drug-likeness (QED) is 0.675. The SMILES string of the molecule is O=Cc1cccn1CC(O)CF. The van der Waals surface area contributed by atoms with E-state index in [0.717, 1.165) is 0 Å². The highest BCUT2D eigenvalue weighted by molar-refractivity contribution is 5.72. The zero-order valence-corrected chi connectivity index (χ0v) is 6.48. The Hall–Kier alpha value is -1.16. The van der Waals surface area contributed by atoms with E-state index >= 15 is 0 Å². The average Bonchev–Trinajstić information content (AvgIpc) is 2.51. The van der Waals surface area contributed by atoms with E-state index in [4.69, 9.17) is 5.11 Å². The van der Waals surface area contributed by atoms with Crippen molar-refractivity contribution < 1.29 is 14.3 Å². The molecule has 1 N–H and O–H groups in total. The van der Waals surface area contributed by atoms with Crippen LogP contribution in [0.1, 0.15) is 10.5 Å². The van der Waals surface area contributed by atoms with Gasteiger partial charge in [0.15, 0.2) is 6.29 Å². The van der Waals surface area contributed by atoms with E-state index < -0.39 is 12.8 Å². The second kappa shape index (κ2) is 4.01. The van der Waals surface area contributed by atoms with Gasteiger partial charge in [-0.05, 0) is 12.1 Å². The maximum Gasteiger partial charge on any atom is 0.166 e. The third-order valence-corrected chi connectivity index (χ3v) is 1.57. The Balaban J connectivity index is 2.67. The molecule has 1 heterocycles. The van der Waals surface area contributed by atoms with Crippen molar-refractivity contribution in [3.63, 3.8) is 0 Å². The molecule has 0 aromatic carbocycles. The third-order valence-electron chi connectivity index (χ3n) is 1.57. The molecule has 3 nitrogen and oxygen atoms in total. The van der Waals surface area contributed by atoms with Crippen LogP contribution in [0.15, 0.2) is 18.3 Å². The molecule has 1 aromatic rings. The Labute approximate surface area is 69.4 Å². The third kappa shape index (κ3) is 1.92. The molecule has 0 amide bonds. The van der Waals surface area contributed by atoms with Crippen LogP contribution >= 0.6 is 0 Å². The molecule has 0 radical (unpaired) electrons. The van der Waals surface area contributed by atoms with Gasteiger partial charge in [0.1, 0.15) is 12.8 Å². The van der Waals surface area contributed by atoms with E-state index in [1.807, 2.05) is 0 Å². The number of carbonyl (C=O) groups is 1. The maximum absolute atomic E-state index is 11.9. The van der Waals surface area contributed by atoms with Crippen LogP contribution < -0.4 is 0 Å². The number of halogens is 1. The number of hydrogen-bond acceptors (Lipinski definition) is 2. The molecule has 0 aliphatic carbocycles. The fourth-order valence-electron chi connectivity index (χ4n) is 0.976. The number of aromatic nitrogens is 1. The molecular formula is C8H10FNO2. The number of carbonyl (C=O) groups excluding carboxylic acids is 1. The van der Waals surface area contributed by atoms with Gasteiger partial charge in [-0.15, -0.1) is 0 Å². The molecule has 1 rings (SSSR count). The number of hydrogen-bond donors (Lipinski definition) is 1. The van der Waals surface area contributed by atoms with Gasteiger partial charge in [0.25, 0.3) is 0 Å². The Morgan fingerprint density at radius 1 is 1.75 bits per heavy atom. The smallest absolute Gasteiger partial charge is 0.166 e. The molecule has 1 atom stereocenters. The van der Waals surface area contributed by atoms with E-state index in [1.165, 1.54) is 4.57 Å². The molecule has 0 saturated carbocycles. The lowest BCUT2D eigenvalue weighted by Gasteiger charge is -2.08. The van der Waals surface area contributed by atoms with Gasteiger partial charge in [-0.1, -0.05) is 0 Å². The molecule has 12 heavy (non-hydrogen) atoms. The van der Waals surface area contributed by atoms with E-state index in [2.05, 4.69) is 0 Å². The monoisotopic (exact) mass is 171 g/mol. The predicted molar refractivity (Wildman–Crippen MR) is 41.8 cm³/mol. The summed E-state index contributed by atoms with van der Waals surface area (Å²) in [6, 6.07) is 3.28. The van der Waals surface area contributed by atoms with E-state index in [9.17, 15) is 9.18 Å². The van der Waals surface area contributed by atoms with Crippen LogP contribution in [0.25, 0.3) is 0 Å². The Morgan fingerprint density at radius 3 is 3.08 bits per heavy atom. The second-order valence-electron chi connectivity index (χ2n) is 2.51. The van der Waals surface area contributed by atoms with Crippen molar-refractivity contribution in [2.24, 2.45) is 0 Å². The molecule has 1 unspecified atom stereocenters. The standard InChI is InChI=1S/C8H10FNO2/c9-4-8(12)5-10-3-1-2-7(10)6-11/h1-3,6,8,12H,4-5H2. The summed E-state index contributed by atoms with van der Waals surface area (Å²) in [6.07, 6.45) is 1.27. The summed E-state index contributed by atoms with van der Waals surface area (Å²) in [5.41, 5.74) is 0.447. The van der Waals surface area contributed by atoms with Gasteiger partial charge in [0.05, 0.1) is 12.2 Å². The molecular weight excluding hydrogens is 161 g/mol. The van der Waals surface area contributed by atoms with Crippen molar-refractivity contribution >= 4 is 6.29 Å². The van der Waals surface area contributed by atoms with E-state index in [1.54, 1.807) is 18.3 Å². The molecule has 0 spiro atoms. The summed E-state index contributed by atoms with van der Waals surface area (Å²) < 4.78 is 13.4. The lowest BCUT2D eigenvalue weighted by Crippen LogP contribution is -2.18. The van der Waals surface area contributed by atoms with Gasteiger partial charge in [-0.25, -0.2) is 4.39 Å². The van der Waals surface area contributed by atoms with Gasteiger partial charge in [-0.2, -0.15) is 0 Å². The van der Waals surface area contributed by atoms with Gasteiger partial charge < -0.3 is 9.67 Å². The Morgan fingerprint density at radius 2 is 2.50 bits per heavy atom. The summed E-state index contributed by atoms with van der Waals surface area (Å²) >= 11 is 0. The normalized spacial score (nSPS) is 12.8. The molecule has 66 valence electrons. The first-order valence-corrected chi connectivity index (χ1v) is 3.62. The largest absolute Gasteiger partial charge is 0.389 e. The number of aliphatic hydroxyl groups excluding tert-OH is 1. The Kier molecular flexibility index (Phi) is 2.99. The van der Waals surface area contributed by atoms with E-state index in [0.29, 0.717) is 12.0 Å². The highest BCUT2D eigenvalue weighted by atomic mass is 19.1. The number of aliphatic hydroxyl groups is 1. The highest BCUT2D eigenvalue weighted by Gasteiger charge is 2.05. The fraction of sp³-hybridized carbons (Fsp3) is 0.375. The number of rotatable bonds is 4. The summed E-state index contributed by atoms with van der Waals surface area (Å²) in [5, 5.41) is 8.94. The van der Waals surface area contributed by atoms with Gasteiger partial charge in [0.2, 0.25) is 0 Å². The lowest BCUT2D eigenvalue weighted by atomic mass is 10.4. The topological polar surface area (TPSA) is 42.2 Å². The van der Waals surface area contributed by atoms with Gasteiger partial charge >= 0.3 is 0 Å². The molecule has 0 saturated heterocycles. The van der Waals surface area contributed by atoms with Crippen LogP contribution in [-0.2, 0) is 6.54 Å². The van der Waals surface area contributed by atoms with Crippen LogP contribution in [0.4, 0.5) is 4.39 Å². The minimum Gasteiger partial charge on any atom is -0.389 e. The van der Waals surface area contributed by atoms with Crippen LogP contribution in [0, 0.1) is 0 Å². The first kappa shape index (κ1) is 8.93. The summed E-state index contributed by atoms with van der Waals surface area (Å²) in [6.45, 7) is -0.673. The average molecular weight is 171 g/mol. The molecule has 0 aliphatic rings. The maximum atomic E-state index is 11.9. The van der Waals surface area contributed by atoms with Crippen molar-refractivity contribution in [1.29, 1.82) is 0 Å². The molecule has 0 bridgehead atoms. The second-order valence-corrected chi connectivity index (χ2v) is 2.51. The minimum absolute atomic E-state index is 0.123. The number of nitrogens with zero attached hydrogens (tertiary/aromatic N) is 1. The van der Waals surface area contributed by atoms with Crippen LogP contribution in [0.5, 0.6) is 0 Å². The summed E-state index contributed by atoms with van der Waals surface area (Å²) in [5.74, 6) is 0. The van der Waals surface area contributed by atoms with Crippen LogP contribution in [-0.4, -0.2) is 28.7 Å². The molecule has 0 fully saturated rings.